The molecule has 0 spiro atoms. The molecule has 1 rings (SSSR count). The summed E-state index contributed by atoms with van der Waals surface area (Å²) in [5.41, 5.74) is -0.236. The molecule has 0 saturated heterocycles. The third-order valence-electron chi connectivity index (χ3n) is 1.79. The van der Waals surface area contributed by atoms with Crippen molar-refractivity contribution in [1.82, 2.24) is 0 Å². The Balaban J connectivity index is 2.95. The SMILES string of the molecule is O=C(O)C(F)(F)Cc1ccc(O)cc1O. The van der Waals surface area contributed by atoms with E-state index in [4.69, 9.17) is 15.3 Å². The van der Waals surface area contributed by atoms with E-state index in [9.17, 15) is 13.6 Å². The quantitative estimate of drug-likeness (QED) is 0.715. The van der Waals surface area contributed by atoms with Crippen molar-refractivity contribution in [3.8, 4) is 11.5 Å². The molecule has 1 aromatic carbocycles. The maximum atomic E-state index is 12.7. The second kappa shape index (κ2) is 3.72. The van der Waals surface area contributed by atoms with Crippen LogP contribution < -0.4 is 0 Å². The Morgan fingerprint density at radius 1 is 1.33 bits per heavy atom. The van der Waals surface area contributed by atoms with Crippen LogP contribution in [0.1, 0.15) is 5.56 Å². The number of rotatable bonds is 3. The number of benzene rings is 1. The van der Waals surface area contributed by atoms with E-state index in [0.717, 1.165) is 18.2 Å². The van der Waals surface area contributed by atoms with E-state index in [2.05, 4.69) is 0 Å². The molecule has 1 aromatic rings. The van der Waals surface area contributed by atoms with Gasteiger partial charge in [0.25, 0.3) is 0 Å². The Hall–Kier alpha value is -1.85. The van der Waals surface area contributed by atoms with Gasteiger partial charge in [0.2, 0.25) is 0 Å². The van der Waals surface area contributed by atoms with Gasteiger partial charge in [-0.15, -0.1) is 0 Å². The predicted octanol–water partition coefficient (Wildman–Crippen LogP) is 1.36. The van der Waals surface area contributed by atoms with E-state index in [1.54, 1.807) is 0 Å². The molecule has 4 nitrogen and oxygen atoms in total. The molecule has 0 aliphatic carbocycles. The maximum absolute atomic E-state index is 12.7. The molecule has 0 radical (unpaired) electrons. The predicted molar refractivity (Wildman–Crippen MR) is 46.1 cm³/mol. The van der Waals surface area contributed by atoms with Gasteiger partial charge in [0.05, 0.1) is 6.42 Å². The summed E-state index contributed by atoms with van der Waals surface area (Å²) < 4.78 is 25.5. The number of hydrogen-bond donors (Lipinski definition) is 3. The van der Waals surface area contributed by atoms with Crippen molar-refractivity contribution in [3.05, 3.63) is 23.8 Å². The summed E-state index contributed by atoms with van der Waals surface area (Å²) >= 11 is 0. The smallest absolute Gasteiger partial charge is 0.374 e. The van der Waals surface area contributed by atoms with Gasteiger partial charge in [-0.1, -0.05) is 6.07 Å². The first kappa shape index (κ1) is 11.2. The van der Waals surface area contributed by atoms with E-state index in [0.29, 0.717) is 0 Å². The van der Waals surface area contributed by atoms with Gasteiger partial charge in [-0.3, -0.25) is 0 Å². The second-order valence-corrected chi connectivity index (χ2v) is 3.00. The van der Waals surface area contributed by atoms with Gasteiger partial charge in [0.15, 0.2) is 0 Å². The Bertz CT molecular complexity index is 390. The van der Waals surface area contributed by atoms with E-state index in [1.165, 1.54) is 0 Å². The highest BCUT2D eigenvalue weighted by Gasteiger charge is 2.39. The van der Waals surface area contributed by atoms with Crippen LogP contribution >= 0.6 is 0 Å². The molecule has 0 unspecified atom stereocenters. The molecule has 0 saturated carbocycles. The summed E-state index contributed by atoms with van der Waals surface area (Å²) in [7, 11) is 0. The van der Waals surface area contributed by atoms with Gasteiger partial charge >= 0.3 is 11.9 Å². The van der Waals surface area contributed by atoms with E-state index in [-0.39, 0.29) is 11.3 Å². The summed E-state index contributed by atoms with van der Waals surface area (Å²) in [5.74, 6) is -7.03. The highest BCUT2D eigenvalue weighted by molar-refractivity contribution is 5.75. The van der Waals surface area contributed by atoms with Crippen LogP contribution in [0.15, 0.2) is 18.2 Å². The fourth-order valence-electron chi connectivity index (χ4n) is 1.02. The molecule has 0 amide bonds. The molecule has 3 N–H and O–H groups in total. The first-order chi connectivity index (χ1) is 6.83. The van der Waals surface area contributed by atoms with Crippen LogP contribution in [0.5, 0.6) is 11.5 Å². The van der Waals surface area contributed by atoms with Crippen molar-refractivity contribution in [3.63, 3.8) is 0 Å². The van der Waals surface area contributed by atoms with Gasteiger partial charge in [0.1, 0.15) is 11.5 Å². The van der Waals surface area contributed by atoms with Crippen molar-refractivity contribution < 1.29 is 28.9 Å². The van der Waals surface area contributed by atoms with Crippen LogP contribution in [0, 0.1) is 0 Å². The number of carboxylic acid groups (broad SMARTS) is 1. The lowest BCUT2D eigenvalue weighted by Gasteiger charge is -2.11. The standard InChI is InChI=1S/C9H8F2O4/c10-9(11,8(14)15)4-5-1-2-6(12)3-7(5)13/h1-3,12-13H,4H2,(H,14,15). The molecular formula is C9H8F2O4. The summed E-state index contributed by atoms with van der Waals surface area (Å²) in [4.78, 5) is 10.1. The molecule has 0 atom stereocenters. The normalized spacial score (nSPS) is 11.3. The minimum atomic E-state index is -3.94. The number of hydrogen-bond acceptors (Lipinski definition) is 3. The number of alkyl halides is 2. The Morgan fingerprint density at radius 3 is 2.40 bits per heavy atom. The zero-order valence-electron chi connectivity index (χ0n) is 7.44. The van der Waals surface area contributed by atoms with Crippen molar-refractivity contribution in [2.75, 3.05) is 0 Å². The molecule has 15 heavy (non-hydrogen) atoms. The number of aliphatic carboxylic acids is 1. The largest absolute Gasteiger partial charge is 0.508 e. The van der Waals surface area contributed by atoms with Crippen molar-refractivity contribution in [2.45, 2.75) is 12.3 Å². The number of carbonyl (C=O) groups is 1. The second-order valence-electron chi connectivity index (χ2n) is 3.00. The number of phenolic OH excluding ortho intramolecular Hbond substituents is 2. The molecule has 0 bridgehead atoms. The van der Waals surface area contributed by atoms with Crippen LogP contribution in [0.2, 0.25) is 0 Å². The summed E-state index contributed by atoms with van der Waals surface area (Å²) in [5, 5.41) is 26.2. The fraction of sp³-hybridized carbons (Fsp3) is 0.222. The van der Waals surface area contributed by atoms with Crippen LogP contribution in [0.3, 0.4) is 0 Å². The first-order valence-electron chi connectivity index (χ1n) is 3.95. The van der Waals surface area contributed by atoms with Gasteiger partial charge in [-0.25, -0.2) is 4.79 Å². The highest BCUT2D eigenvalue weighted by Crippen LogP contribution is 2.28. The van der Waals surface area contributed by atoms with E-state index in [1.807, 2.05) is 0 Å². The lowest BCUT2D eigenvalue weighted by Crippen LogP contribution is -2.30. The zero-order valence-corrected chi connectivity index (χ0v) is 7.44. The van der Waals surface area contributed by atoms with Gasteiger partial charge in [0, 0.05) is 11.6 Å². The lowest BCUT2D eigenvalue weighted by atomic mass is 10.1. The van der Waals surface area contributed by atoms with Crippen molar-refractivity contribution in [1.29, 1.82) is 0 Å². The average Bonchev–Trinajstić information content (AvgIpc) is 2.09. The van der Waals surface area contributed by atoms with Crippen LogP contribution in [0.4, 0.5) is 8.78 Å². The monoisotopic (exact) mass is 218 g/mol. The van der Waals surface area contributed by atoms with Crippen molar-refractivity contribution in [2.24, 2.45) is 0 Å². The third-order valence-corrected chi connectivity index (χ3v) is 1.79. The molecular weight excluding hydrogens is 210 g/mol. The Morgan fingerprint density at radius 2 is 1.93 bits per heavy atom. The van der Waals surface area contributed by atoms with Crippen molar-refractivity contribution >= 4 is 5.97 Å². The number of aromatic hydroxyl groups is 2. The molecule has 6 heteroatoms. The third kappa shape index (κ3) is 2.55. The molecule has 82 valence electrons. The van der Waals surface area contributed by atoms with Gasteiger partial charge in [-0.05, 0) is 6.07 Å². The maximum Gasteiger partial charge on any atom is 0.374 e. The van der Waals surface area contributed by atoms with Crippen LogP contribution in [-0.2, 0) is 11.2 Å². The number of carboxylic acids is 1. The first-order valence-corrected chi connectivity index (χ1v) is 3.95. The number of halogens is 2. The van der Waals surface area contributed by atoms with E-state index < -0.39 is 24.1 Å². The number of phenols is 2. The highest BCUT2D eigenvalue weighted by atomic mass is 19.3. The minimum Gasteiger partial charge on any atom is -0.508 e. The molecule has 0 heterocycles. The molecule has 0 aliphatic heterocycles. The minimum absolute atomic E-state index is 0.236. The zero-order chi connectivity index (χ0) is 11.6. The topological polar surface area (TPSA) is 77.8 Å². The fourth-order valence-corrected chi connectivity index (χ4v) is 1.02. The molecule has 0 aliphatic rings. The van der Waals surface area contributed by atoms with Crippen LogP contribution in [-0.4, -0.2) is 27.2 Å². The van der Waals surface area contributed by atoms with Gasteiger partial charge in [-0.2, -0.15) is 8.78 Å². The summed E-state index contributed by atoms with van der Waals surface area (Å²) in [6.45, 7) is 0. The lowest BCUT2D eigenvalue weighted by molar-refractivity contribution is -0.164. The molecule has 0 fully saturated rings. The summed E-state index contributed by atoms with van der Waals surface area (Å²) in [6, 6.07) is 3.00. The Labute approximate surface area is 83.4 Å². The van der Waals surface area contributed by atoms with Gasteiger partial charge < -0.3 is 15.3 Å². The summed E-state index contributed by atoms with van der Waals surface area (Å²) in [6.07, 6.45) is -1.12. The van der Waals surface area contributed by atoms with Crippen LogP contribution in [0.25, 0.3) is 0 Å². The van der Waals surface area contributed by atoms with E-state index >= 15 is 0 Å². The average molecular weight is 218 g/mol. The molecule has 0 aromatic heterocycles. The Kier molecular flexibility index (Phi) is 2.78.